The van der Waals surface area contributed by atoms with E-state index >= 15 is 0 Å². The van der Waals surface area contributed by atoms with Gasteiger partial charge in [0.2, 0.25) is 5.75 Å². The van der Waals surface area contributed by atoms with Crippen LogP contribution in [0.5, 0.6) is 5.75 Å². The van der Waals surface area contributed by atoms with Crippen LogP contribution in [-0.4, -0.2) is 16.9 Å². The molecule has 0 aliphatic carbocycles. The summed E-state index contributed by atoms with van der Waals surface area (Å²) in [5.41, 5.74) is 0.0705. The molecule has 1 atom stereocenters. The van der Waals surface area contributed by atoms with Crippen molar-refractivity contribution in [2.24, 2.45) is 0 Å². The minimum atomic E-state index is -1.06. The second-order valence-electron chi connectivity index (χ2n) is 4.63. The van der Waals surface area contributed by atoms with Crippen molar-refractivity contribution in [1.82, 2.24) is 0 Å². The molecule has 6 nitrogen and oxygen atoms in total. The molecule has 2 rings (SSSR count). The van der Waals surface area contributed by atoms with E-state index in [-0.39, 0.29) is 5.75 Å². The molecule has 0 heterocycles. The molecule has 23 heavy (non-hydrogen) atoms. The second kappa shape index (κ2) is 7.06. The Labute approximate surface area is 136 Å². The molecular formula is C15H12ClFN2O4. The molecule has 0 spiro atoms. The molecule has 0 saturated heterocycles. The molecular weight excluding hydrogens is 327 g/mol. The van der Waals surface area contributed by atoms with Crippen molar-refractivity contribution < 1.29 is 18.8 Å². The van der Waals surface area contributed by atoms with Crippen LogP contribution in [0.15, 0.2) is 42.5 Å². The minimum absolute atomic E-state index is 0.311. The molecule has 8 heteroatoms. The van der Waals surface area contributed by atoms with Crippen LogP contribution in [0.2, 0.25) is 5.02 Å². The third-order valence-corrected chi connectivity index (χ3v) is 3.16. The number of ether oxygens (including phenoxy) is 1. The van der Waals surface area contributed by atoms with E-state index in [4.69, 9.17) is 16.3 Å². The molecule has 0 aliphatic heterocycles. The van der Waals surface area contributed by atoms with Gasteiger partial charge in [0.25, 0.3) is 5.91 Å². The number of rotatable bonds is 5. The quantitative estimate of drug-likeness (QED) is 0.664. The Morgan fingerprint density at radius 2 is 1.96 bits per heavy atom. The van der Waals surface area contributed by atoms with E-state index in [1.807, 2.05) is 0 Å². The lowest BCUT2D eigenvalue weighted by Gasteiger charge is -2.14. The zero-order chi connectivity index (χ0) is 17.0. The highest BCUT2D eigenvalue weighted by Crippen LogP contribution is 2.28. The highest BCUT2D eigenvalue weighted by atomic mass is 35.5. The van der Waals surface area contributed by atoms with Crippen molar-refractivity contribution in [1.29, 1.82) is 0 Å². The van der Waals surface area contributed by atoms with E-state index < -0.39 is 28.4 Å². The van der Waals surface area contributed by atoms with Gasteiger partial charge < -0.3 is 10.1 Å². The van der Waals surface area contributed by atoms with Gasteiger partial charge in [0.15, 0.2) is 6.10 Å². The molecule has 0 bridgehead atoms. The first-order valence-electron chi connectivity index (χ1n) is 6.54. The summed E-state index contributed by atoms with van der Waals surface area (Å²) >= 11 is 5.74. The number of nitro benzene ring substituents is 1. The fraction of sp³-hybridized carbons (Fsp3) is 0.133. The van der Waals surface area contributed by atoms with Gasteiger partial charge in [-0.05, 0) is 37.3 Å². The summed E-state index contributed by atoms with van der Waals surface area (Å²) in [7, 11) is 0. The summed E-state index contributed by atoms with van der Waals surface area (Å²) in [6.45, 7) is 1.40. The van der Waals surface area contributed by atoms with Crippen molar-refractivity contribution in [3.63, 3.8) is 0 Å². The molecule has 0 fully saturated rings. The van der Waals surface area contributed by atoms with Crippen LogP contribution in [0.1, 0.15) is 6.92 Å². The van der Waals surface area contributed by atoms with Crippen LogP contribution in [0.4, 0.5) is 15.8 Å². The van der Waals surface area contributed by atoms with Gasteiger partial charge in [0.1, 0.15) is 5.82 Å². The summed E-state index contributed by atoms with van der Waals surface area (Å²) in [6, 6.07) is 9.18. The lowest BCUT2D eigenvalue weighted by molar-refractivity contribution is -0.386. The highest BCUT2D eigenvalue weighted by Gasteiger charge is 2.22. The molecule has 0 radical (unpaired) electrons. The van der Waals surface area contributed by atoms with Gasteiger partial charge in [0, 0.05) is 22.8 Å². The number of amides is 1. The first kappa shape index (κ1) is 16.7. The van der Waals surface area contributed by atoms with Gasteiger partial charge in [-0.3, -0.25) is 14.9 Å². The minimum Gasteiger partial charge on any atom is -0.474 e. The molecule has 0 aromatic heterocycles. The molecule has 0 aliphatic rings. The third-order valence-electron chi connectivity index (χ3n) is 2.90. The Morgan fingerprint density at radius 1 is 1.30 bits per heavy atom. The fourth-order valence-electron chi connectivity index (χ4n) is 1.75. The number of carbonyl (C=O) groups excluding carboxylic acids is 1. The lowest BCUT2D eigenvalue weighted by atomic mass is 10.2. The summed E-state index contributed by atoms with van der Waals surface area (Å²) in [5, 5.41) is 14.0. The Kier molecular flexibility index (Phi) is 5.13. The highest BCUT2D eigenvalue weighted by molar-refractivity contribution is 6.30. The summed E-state index contributed by atoms with van der Waals surface area (Å²) in [4.78, 5) is 22.2. The summed E-state index contributed by atoms with van der Waals surface area (Å²) in [6.07, 6.45) is -1.06. The van der Waals surface area contributed by atoms with Crippen molar-refractivity contribution in [3.05, 3.63) is 63.4 Å². The molecule has 2 aromatic rings. The molecule has 1 N–H and O–H groups in total. The fourth-order valence-corrected chi connectivity index (χ4v) is 1.88. The normalized spacial score (nSPS) is 11.6. The van der Waals surface area contributed by atoms with Crippen LogP contribution in [0.3, 0.4) is 0 Å². The number of carbonyl (C=O) groups is 1. The number of anilines is 1. The zero-order valence-electron chi connectivity index (χ0n) is 12.0. The Balaban J connectivity index is 2.10. The van der Waals surface area contributed by atoms with Crippen LogP contribution in [0.25, 0.3) is 0 Å². The van der Waals surface area contributed by atoms with Crippen molar-refractivity contribution in [2.75, 3.05) is 5.32 Å². The van der Waals surface area contributed by atoms with Crippen molar-refractivity contribution in [2.45, 2.75) is 13.0 Å². The molecule has 120 valence electrons. The predicted molar refractivity (Wildman–Crippen MR) is 83.2 cm³/mol. The number of benzene rings is 2. The largest absolute Gasteiger partial charge is 0.474 e. The number of hydrogen-bond acceptors (Lipinski definition) is 4. The van der Waals surface area contributed by atoms with Crippen LogP contribution < -0.4 is 10.1 Å². The standard InChI is InChI=1S/C15H12ClFN2O4/c1-9(15(20)18-12-5-2-10(16)3-6-12)23-14-8-11(17)4-7-13(14)19(21)22/h2-9H,1H3,(H,18,20). The Bertz CT molecular complexity index is 737. The van der Waals surface area contributed by atoms with Gasteiger partial charge in [-0.1, -0.05) is 11.6 Å². The van der Waals surface area contributed by atoms with Gasteiger partial charge in [-0.15, -0.1) is 0 Å². The molecule has 0 saturated carbocycles. The maximum atomic E-state index is 13.2. The topological polar surface area (TPSA) is 81.5 Å². The third kappa shape index (κ3) is 4.40. The van der Waals surface area contributed by atoms with Crippen molar-refractivity contribution >= 4 is 28.9 Å². The van der Waals surface area contributed by atoms with E-state index in [1.54, 1.807) is 24.3 Å². The number of hydrogen-bond donors (Lipinski definition) is 1. The average Bonchev–Trinajstić information content (AvgIpc) is 2.49. The van der Waals surface area contributed by atoms with E-state index in [0.29, 0.717) is 10.7 Å². The monoisotopic (exact) mass is 338 g/mol. The van der Waals surface area contributed by atoms with Crippen LogP contribution in [-0.2, 0) is 4.79 Å². The number of nitrogens with one attached hydrogen (secondary N) is 1. The van der Waals surface area contributed by atoms with Crippen LogP contribution in [0, 0.1) is 15.9 Å². The SMILES string of the molecule is CC(Oc1cc(F)ccc1[N+](=O)[O-])C(=O)Nc1ccc(Cl)cc1. The van der Waals surface area contributed by atoms with E-state index in [9.17, 15) is 19.3 Å². The number of nitrogens with zero attached hydrogens (tertiary/aromatic N) is 1. The molecule has 1 amide bonds. The van der Waals surface area contributed by atoms with Crippen LogP contribution >= 0.6 is 11.6 Å². The first-order chi connectivity index (χ1) is 10.9. The van der Waals surface area contributed by atoms with E-state index in [1.165, 1.54) is 6.92 Å². The molecule has 2 aromatic carbocycles. The zero-order valence-corrected chi connectivity index (χ0v) is 12.7. The van der Waals surface area contributed by atoms with E-state index in [2.05, 4.69) is 5.32 Å². The van der Waals surface area contributed by atoms with Gasteiger partial charge >= 0.3 is 5.69 Å². The summed E-state index contributed by atoms with van der Waals surface area (Å²) < 4.78 is 18.5. The van der Waals surface area contributed by atoms with Crippen molar-refractivity contribution in [3.8, 4) is 5.75 Å². The lowest BCUT2D eigenvalue weighted by Crippen LogP contribution is -2.30. The Morgan fingerprint density at radius 3 is 2.57 bits per heavy atom. The molecule has 1 unspecified atom stereocenters. The van der Waals surface area contributed by atoms with Gasteiger partial charge in [-0.25, -0.2) is 4.39 Å². The Hall–Kier alpha value is -2.67. The number of nitro groups is 1. The smallest absolute Gasteiger partial charge is 0.311 e. The second-order valence-corrected chi connectivity index (χ2v) is 5.06. The van der Waals surface area contributed by atoms with Gasteiger partial charge in [0.05, 0.1) is 4.92 Å². The van der Waals surface area contributed by atoms with Gasteiger partial charge in [-0.2, -0.15) is 0 Å². The summed E-state index contributed by atoms with van der Waals surface area (Å²) in [5.74, 6) is -1.55. The predicted octanol–water partition coefficient (Wildman–Crippen LogP) is 3.79. The maximum absolute atomic E-state index is 13.2. The maximum Gasteiger partial charge on any atom is 0.311 e. The average molecular weight is 339 g/mol. The number of halogens is 2. The van der Waals surface area contributed by atoms with E-state index in [0.717, 1.165) is 18.2 Å². The first-order valence-corrected chi connectivity index (χ1v) is 6.91.